The van der Waals surface area contributed by atoms with Gasteiger partial charge in [-0.2, -0.15) is 0 Å². The molecule has 0 saturated carbocycles. The van der Waals surface area contributed by atoms with Crippen LogP contribution >= 0.6 is 0 Å². The molecule has 2 N–H and O–H groups in total. The van der Waals surface area contributed by atoms with Gasteiger partial charge in [0.05, 0.1) is 6.61 Å². The summed E-state index contributed by atoms with van der Waals surface area (Å²) in [5, 5.41) is 11.5. The van der Waals surface area contributed by atoms with Crippen molar-refractivity contribution in [2.24, 2.45) is 0 Å². The van der Waals surface area contributed by atoms with Crippen molar-refractivity contribution in [3.63, 3.8) is 0 Å². The van der Waals surface area contributed by atoms with E-state index in [0.717, 1.165) is 5.56 Å². The molecule has 1 atom stereocenters. The zero-order chi connectivity index (χ0) is 15.7. The molecule has 0 aliphatic carbocycles. The number of carbonyl (C=O) groups excluding carboxylic acids is 1. The Morgan fingerprint density at radius 2 is 2.05 bits per heavy atom. The molecule has 0 radical (unpaired) electrons. The van der Waals surface area contributed by atoms with Gasteiger partial charge in [0, 0.05) is 11.6 Å². The molecule has 0 unspecified atom stereocenters. The van der Waals surface area contributed by atoms with E-state index in [4.69, 9.17) is 9.84 Å². The number of carboxylic acids is 1. The van der Waals surface area contributed by atoms with Crippen LogP contribution in [0.3, 0.4) is 0 Å². The van der Waals surface area contributed by atoms with Crippen LogP contribution in [-0.4, -0.2) is 29.6 Å². The van der Waals surface area contributed by atoms with Crippen molar-refractivity contribution in [1.82, 2.24) is 5.32 Å². The average Bonchev–Trinajstić information content (AvgIpc) is 2.46. The van der Waals surface area contributed by atoms with Crippen molar-refractivity contribution >= 4 is 18.0 Å². The summed E-state index contributed by atoms with van der Waals surface area (Å²) in [6, 6.07) is 6.49. The Balaban J connectivity index is 2.71. The van der Waals surface area contributed by atoms with E-state index in [1.807, 2.05) is 38.1 Å². The lowest BCUT2D eigenvalue weighted by atomic mass is 10.1. The van der Waals surface area contributed by atoms with Crippen LogP contribution in [0.15, 0.2) is 30.3 Å². The highest BCUT2D eigenvalue weighted by Gasteiger charge is 2.17. The second-order valence-electron chi connectivity index (χ2n) is 4.49. The molecule has 0 aliphatic heterocycles. The third-order valence-electron chi connectivity index (χ3n) is 2.83. The first-order valence-electron chi connectivity index (χ1n) is 7.01. The lowest BCUT2D eigenvalue weighted by Gasteiger charge is -2.11. The van der Waals surface area contributed by atoms with E-state index >= 15 is 0 Å². The summed E-state index contributed by atoms with van der Waals surface area (Å²) >= 11 is 0. The van der Waals surface area contributed by atoms with E-state index < -0.39 is 17.9 Å². The highest BCUT2D eigenvalue weighted by molar-refractivity contribution is 5.94. The molecule has 0 aromatic heterocycles. The zero-order valence-electron chi connectivity index (χ0n) is 12.3. The molecule has 0 spiro atoms. The Labute approximate surface area is 124 Å². The Kier molecular flexibility index (Phi) is 7.01. The summed E-state index contributed by atoms with van der Waals surface area (Å²) in [7, 11) is 0. The maximum absolute atomic E-state index is 11.8. The van der Waals surface area contributed by atoms with Gasteiger partial charge in [0.1, 0.15) is 11.8 Å². The van der Waals surface area contributed by atoms with Crippen molar-refractivity contribution in [1.29, 1.82) is 0 Å². The van der Waals surface area contributed by atoms with Crippen molar-refractivity contribution in [2.75, 3.05) is 6.61 Å². The Morgan fingerprint density at radius 1 is 1.33 bits per heavy atom. The summed E-state index contributed by atoms with van der Waals surface area (Å²) in [6.07, 6.45) is 4.03. The Bertz CT molecular complexity index is 511. The summed E-state index contributed by atoms with van der Waals surface area (Å²) in [4.78, 5) is 22.8. The molecule has 1 aromatic rings. The lowest BCUT2D eigenvalue weighted by Crippen LogP contribution is -2.39. The molecule has 0 bridgehead atoms. The highest BCUT2D eigenvalue weighted by Crippen LogP contribution is 2.19. The first-order chi connectivity index (χ1) is 10.1. The molecular weight excluding hydrogens is 270 g/mol. The van der Waals surface area contributed by atoms with Gasteiger partial charge in [0.25, 0.3) is 0 Å². The van der Waals surface area contributed by atoms with Crippen molar-refractivity contribution < 1.29 is 19.4 Å². The highest BCUT2D eigenvalue weighted by atomic mass is 16.5. The van der Waals surface area contributed by atoms with Crippen LogP contribution in [-0.2, 0) is 9.59 Å². The van der Waals surface area contributed by atoms with Crippen LogP contribution in [0, 0.1) is 0 Å². The van der Waals surface area contributed by atoms with Gasteiger partial charge in [0.2, 0.25) is 5.91 Å². The second kappa shape index (κ2) is 8.79. The minimum atomic E-state index is -1.02. The topological polar surface area (TPSA) is 75.6 Å². The molecule has 1 amide bonds. The fraction of sp³-hybridized carbons (Fsp3) is 0.375. The number of para-hydroxylation sites is 1. The predicted molar refractivity (Wildman–Crippen MR) is 81.1 cm³/mol. The molecule has 114 valence electrons. The fourth-order valence-corrected chi connectivity index (χ4v) is 1.84. The van der Waals surface area contributed by atoms with E-state index in [0.29, 0.717) is 25.2 Å². The predicted octanol–water partition coefficient (Wildman–Crippen LogP) is 2.47. The summed E-state index contributed by atoms with van der Waals surface area (Å²) in [6.45, 7) is 4.29. The minimum absolute atomic E-state index is 0.407. The number of carbonyl (C=O) groups is 2. The minimum Gasteiger partial charge on any atom is -0.493 e. The molecule has 0 saturated heterocycles. The van der Waals surface area contributed by atoms with Crippen LogP contribution in [0.5, 0.6) is 5.75 Å². The molecule has 1 aromatic carbocycles. The van der Waals surface area contributed by atoms with Crippen LogP contribution in [0.4, 0.5) is 0 Å². The normalized spacial score (nSPS) is 12.1. The van der Waals surface area contributed by atoms with Crippen LogP contribution in [0.1, 0.15) is 32.3 Å². The number of benzene rings is 1. The van der Waals surface area contributed by atoms with E-state index in [9.17, 15) is 9.59 Å². The number of carboxylic acid groups (broad SMARTS) is 1. The first kappa shape index (κ1) is 16.8. The molecule has 0 aliphatic rings. The SMILES string of the molecule is CCC[C@H](NC(=O)/C=C/c1ccccc1OCC)C(=O)O. The largest absolute Gasteiger partial charge is 0.493 e. The maximum atomic E-state index is 11.8. The average molecular weight is 291 g/mol. The third kappa shape index (κ3) is 5.69. The number of hydrogen-bond donors (Lipinski definition) is 2. The monoisotopic (exact) mass is 291 g/mol. The van der Waals surface area contributed by atoms with Crippen LogP contribution in [0.2, 0.25) is 0 Å². The van der Waals surface area contributed by atoms with E-state index in [2.05, 4.69) is 5.32 Å². The van der Waals surface area contributed by atoms with Gasteiger partial charge in [-0.25, -0.2) is 4.79 Å². The van der Waals surface area contributed by atoms with Crippen LogP contribution in [0.25, 0.3) is 6.08 Å². The number of hydrogen-bond acceptors (Lipinski definition) is 3. The summed E-state index contributed by atoms with van der Waals surface area (Å²) < 4.78 is 5.45. The Morgan fingerprint density at radius 3 is 2.67 bits per heavy atom. The molecule has 0 fully saturated rings. The van der Waals surface area contributed by atoms with Gasteiger partial charge in [-0.15, -0.1) is 0 Å². The van der Waals surface area contributed by atoms with Crippen LogP contribution < -0.4 is 10.1 Å². The second-order valence-corrected chi connectivity index (χ2v) is 4.49. The number of aliphatic carboxylic acids is 1. The van der Waals surface area contributed by atoms with Gasteiger partial charge >= 0.3 is 5.97 Å². The van der Waals surface area contributed by atoms with Crippen molar-refractivity contribution in [3.05, 3.63) is 35.9 Å². The smallest absolute Gasteiger partial charge is 0.326 e. The van der Waals surface area contributed by atoms with Crippen molar-refractivity contribution in [3.8, 4) is 5.75 Å². The third-order valence-corrected chi connectivity index (χ3v) is 2.83. The number of ether oxygens (including phenoxy) is 1. The summed E-state index contributed by atoms with van der Waals surface area (Å²) in [5.41, 5.74) is 0.775. The fourth-order valence-electron chi connectivity index (χ4n) is 1.84. The standard InChI is InChI=1S/C16H21NO4/c1-3-7-13(16(19)20)17-15(18)11-10-12-8-5-6-9-14(12)21-4-2/h5-6,8-11,13H,3-4,7H2,1-2H3,(H,17,18)(H,19,20)/b11-10+/t13-/m0/s1. The van der Waals surface area contributed by atoms with Gasteiger partial charge in [-0.3, -0.25) is 4.79 Å². The Hall–Kier alpha value is -2.30. The molecule has 5 nitrogen and oxygen atoms in total. The van der Waals surface area contributed by atoms with Gasteiger partial charge in [-0.05, 0) is 25.5 Å². The lowest BCUT2D eigenvalue weighted by molar-refractivity contribution is -0.141. The zero-order valence-corrected chi connectivity index (χ0v) is 12.3. The van der Waals surface area contributed by atoms with Crippen molar-refractivity contribution in [2.45, 2.75) is 32.7 Å². The van der Waals surface area contributed by atoms with E-state index in [-0.39, 0.29) is 0 Å². The summed E-state index contributed by atoms with van der Waals surface area (Å²) in [5.74, 6) is -0.761. The molecule has 5 heteroatoms. The quantitative estimate of drug-likeness (QED) is 0.721. The number of amides is 1. The molecular formula is C16H21NO4. The molecule has 1 rings (SSSR count). The number of rotatable bonds is 8. The number of nitrogens with one attached hydrogen (secondary N) is 1. The van der Waals surface area contributed by atoms with Gasteiger partial charge < -0.3 is 15.2 Å². The molecule has 21 heavy (non-hydrogen) atoms. The van der Waals surface area contributed by atoms with Gasteiger partial charge in [0.15, 0.2) is 0 Å². The molecule has 0 heterocycles. The maximum Gasteiger partial charge on any atom is 0.326 e. The van der Waals surface area contributed by atoms with Gasteiger partial charge in [-0.1, -0.05) is 31.5 Å². The first-order valence-corrected chi connectivity index (χ1v) is 7.01. The van der Waals surface area contributed by atoms with E-state index in [1.165, 1.54) is 6.08 Å². The van der Waals surface area contributed by atoms with E-state index in [1.54, 1.807) is 6.08 Å².